The van der Waals surface area contributed by atoms with Gasteiger partial charge in [-0.25, -0.2) is 0 Å². The fourth-order valence-electron chi connectivity index (χ4n) is 5.24. The average Bonchev–Trinajstić information content (AvgIpc) is 3.35. The van der Waals surface area contributed by atoms with Crippen LogP contribution in [-0.2, 0) is 4.79 Å². The maximum absolute atomic E-state index is 13.7. The minimum atomic E-state index is -1.46. The highest BCUT2D eigenvalue weighted by atomic mass is 79.9. The zero-order valence-corrected chi connectivity index (χ0v) is 19.7. The summed E-state index contributed by atoms with van der Waals surface area (Å²) in [5.41, 5.74) is -1.37. The molecule has 4 nitrogen and oxygen atoms in total. The van der Waals surface area contributed by atoms with Crippen LogP contribution >= 0.6 is 27.5 Å². The van der Waals surface area contributed by atoms with Gasteiger partial charge in [0.15, 0.2) is 11.2 Å². The molecule has 1 N–H and O–H groups in total. The third-order valence-electron chi connectivity index (χ3n) is 6.98. The largest absolute Gasteiger partial charge is 0.352 e. The number of carbonyl (C=O) groups is 2. The smallest absolute Gasteiger partial charge is 0.242 e. The Morgan fingerprint density at radius 1 is 1.13 bits per heavy atom. The number of hydrogen-bond acceptors (Lipinski definition) is 3. The molecule has 160 valence electrons. The Morgan fingerprint density at radius 2 is 1.81 bits per heavy atom. The molecule has 3 atom stereocenters. The van der Waals surface area contributed by atoms with E-state index < -0.39 is 16.7 Å². The maximum Gasteiger partial charge on any atom is 0.242 e. The summed E-state index contributed by atoms with van der Waals surface area (Å²) in [6, 6.07) is 16.5. The van der Waals surface area contributed by atoms with Crippen molar-refractivity contribution in [2.24, 2.45) is 10.8 Å². The Morgan fingerprint density at radius 3 is 2.42 bits per heavy atom. The lowest BCUT2D eigenvalue weighted by molar-refractivity contribution is -0.126. The second-order valence-corrected chi connectivity index (χ2v) is 10.1. The summed E-state index contributed by atoms with van der Waals surface area (Å²) in [4.78, 5) is 27.3. The van der Waals surface area contributed by atoms with Crippen LogP contribution < -0.4 is 5.32 Å². The van der Waals surface area contributed by atoms with Gasteiger partial charge >= 0.3 is 0 Å². The molecule has 0 spiro atoms. The van der Waals surface area contributed by atoms with Crippen molar-refractivity contribution >= 4 is 39.2 Å². The number of ketones is 1. The van der Waals surface area contributed by atoms with E-state index in [-0.39, 0.29) is 17.7 Å². The predicted molar refractivity (Wildman–Crippen MR) is 124 cm³/mol. The van der Waals surface area contributed by atoms with Gasteiger partial charge in [0.25, 0.3) is 0 Å². The zero-order valence-electron chi connectivity index (χ0n) is 17.3. The number of benzene rings is 2. The molecular weight excluding hydrogens is 476 g/mol. The highest BCUT2D eigenvalue weighted by Gasteiger charge is 2.82. The molecule has 31 heavy (non-hydrogen) atoms. The van der Waals surface area contributed by atoms with Gasteiger partial charge in [-0.1, -0.05) is 58.9 Å². The van der Waals surface area contributed by atoms with Gasteiger partial charge in [0, 0.05) is 27.0 Å². The lowest BCUT2D eigenvalue weighted by Crippen LogP contribution is -2.43. The van der Waals surface area contributed by atoms with E-state index in [4.69, 9.17) is 11.6 Å². The molecule has 0 bridgehead atoms. The number of carbonyl (C=O) groups excluding carboxylic acids is 2. The first-order valence-electron chi connectivity index (χ1n) is 10.6. The van der Waals surface area contributed by atoms with Gasteiger partial charge in [-0.3, -0.25) is 9.59 Å². The van der Waals surface area contributed by atoms with Crippen LogP contribution in [0.3, 0.4) is 0 Å². The summed E-state index contributed by atoms with van der Waals surface area (Å²) >= 11 is 9.48. The molecule has 2 saturated carbocycles. The van der Waals surface area contributed by atoms with Crippen molar-refractivity contribution in [1.82, 2.24) is 5.32 Å². The van der Waals surface area contributed by atoms with Crippen molar-refractivity contribution in [3.8, 4) is 6.07 Å². The summed E-state index contributed by atoms with van der Waals surface area (Å²) in [7, 11) is 0. The fourth-order valence-corrected chi connectivity index (χ4v) is 5.79. The van der Waals surface area contributed by atoms with Crippen LogP contribution in [0.4, 0.5) is 0 Å². The van der Waals surface area contributed by atoms with Crippen molar-refractivity contribution in [2.45, 2.75) is 51.0 Å². The first-order chi connectivity index (χ1) is 14.8. The van der Waals surface area contributed by atoms with Gasteiger partial charge in [0.1, 0.15) is 0 Å². The van der Waals surface area contributed by atoms with Crippen LogP contribution in [0.15, 0.2) is 53.0 Å². The van der Waals surface area contributed by atoms with E-state index in [1.165, 1.54) is 6.42 Å². The third-order valence-corrected chi connectivity index (χ3v) is 7.73. The summed E-state index contributed by atoms with van der Waals surface area (Å²) < 4.78 is 0.845. The van der Waals surface area contributed by atoms with Gasteiger partial charge in [0.05, 0.1) is 11.5 Å². The van der Waals surface area contributed by atoms with Gasteiger partial charge in [-0.15, -0.1) is 0 Å². The summed E-state index contributed by atoms with van der Waals surface area (Å²) in [6.45, 7) is 1.75. The van der Waals surface area contributed by atoms with Crippen LogP contribution in [-0.4, -0.2) is 17.7 Å². The number of nitriles is 1. The second kappa shape index (κ2) is 8.41. The number of hydrogen-bond donors (Lipinski definition) is 1. The zero-order chi connectivity index (χ0) is 22.2. The molecule has 0 radical (unpaired) electrons. The molecule has 0 aliphatic heterocycles. The van der Waals surface area contributed by atoms with Crippen molar-refractivity contribution in [3.05, 3.63) is 69.2 Å². The maximum atomic E-state index is 13.7. The van der Waals surface area contributed by atoms with E-state index >= 15 is 0 Å². The Balaban J connectivity index is 1.76. The molecule has 2 aliphatic rings. The molecule has 2 aliphatic carbocycles. The minimum absolute atomic E-state index is 0.0603. The molecule has 0 aromatic heterocycles. The lowest BCUT2D eigenvalue weighted by Gasteiger charge is -2.25. The van der Waals surface area contributed by atoms with Gasteiger partial charge in [-0.2, -0.15) is 5.26 Å². The number of nitrogens with one attached hydrogen (secondary N) is 1. The highest BCUT2D eigenvalue weighted by Crippen LogP contribution is 2.75. The normalized spacial score (nSPS) is 27.9. The third kappa shape index (κ3) is 3.60. The van der Waals surface area contributed by atoms with Gasteiger partial charge in [0.2, 0.25) is 5.91 Å². The van der Waals surface area contributed by atoms with E-state index in [9.17, 15) is 14.9 Å². The second-order valence-electron chi connectivity index (χ2n) is 8.75. The molecule has 2 aromatic rings. The Kier molecular flexibility index (Phi) is 5.98. The molecular formula is C25H24BrClN2O2. The predicted octanol–water partition coefficient (Wildman–Crippen LogP) is 6.05. The van der Waals surface area contributed by atoms with Crippen LogP contribution in [0.5, 0.6) is 0 Å². The van der Waals surface area contributed by atoms with Crippen molar-refractivity contribution in [2.75, 3.05) is 0 Å². The van der Waals surface area contributed by atoms with Gasteiger partial charge in [-0.05, 0) is 61.7 Å². The van der Waals surface area contributed by atoms with Gasteiger partial charge < -0.3 is 5.32 Å². The van der Waals surface area contributed by atoms with E-state index in [1.54, 1.807) is 31.2 Å². The molecule has 3 unspecified atom stereocenters. The quantitative estimate of drug-likeness (QED) is 0.509. The average molecular weight is 500 g/mol. The van der Waals surface area contributed by atoms with Crippen LogP contribution in [0.2, 0.25) is 5.02 Å². The van der Waals surface area contributed by atoms with Crippen LogP contribution in [0.25, 0.3) is 0 Å². The topological polar surface area (TPSA) is 70.0 Å². The van der Waals surface area contributed by atoms with Crippen LogP contribution in [0.1, 0.15) is 60.9 Å². The summed E-state index contributed by atoms with van der Waals surface area (Å²) in [5, 5.41) is 14.0. The number of rotatable bonds is 5. The van der Waals surface area contributed by atoms with Crippen molar-refractivity contribution in [3.63, 3.8) is 0 Å². The molecule has 0 saturated heterocycles. The van der Waals surface area contributed by atoms with E-state index in [0.717, 1.165) is 35.7 Å². The SMILES string of the molecule is CC1(C(=O)c2ccc(Cl)cc2)C(c2cccc(Br)c2)C1(C#N)C(=O)NC1CCCCC1. The first kappa shape index (κ1) is 22.0. The van der Waals surface area contributed by atoms with Crippen molar-refractivity contribution in [1.29, 1.82) is 5.26 Å². The first-order valence-corrected chi connectivity index (χ1v) is 11.8. The van der Waals surface area contributed by atoms with E-state index in [0.29, 0.717) is 10.6 Å². The molecule has 2 aromatic carbocycles. The fraction of sp³-hybridized carbons (Fsp3) is 0.400. The number of amides is 1. The summed E-state index contributed by atoms with van der Waals surface area (Å²) in [6.07, 6.45) is 5.14. The molecule has 6 heteroatoms. The lowest BCUT2D eigenvalue weighted by atomic mass is 9.86. The standard InChI is InChI=1S/C25H24BrClN2O2/c1-24(22(30)16-10-12-19(27)13-11-16)21(17-6-5-7-18(26)14-17)25(24,15-28)23(31)29-20-8-3-2-4-9-20/h5-7,10-14,20-21H,2-4,8-9H2,1H3,(H,29,31). The van der Waals surface area contributed by atoms with E-state index in [1.807, 2.05) is 24.3 Å². The van der Waals surface area contributed by atoms with Crippen molar-refractivity contribution < 1.29 is 9.59 Å². The Labute approximate surface area is 196 Å². The molecule has 2 fully saturated rings. The number of halogens is 2. The molecule has 1 amide bonds. The van der Waals surface area contributed by atoms with E-state index in [2.05, 4.69) is 27.3 Å². The summed E-state index contributed by atoms with van der Waals surface area (Å²) in [5.74, 6) is -1.08. The Hall–Kier alpha value is -2.16. The monoisotopic (exact) mass is 498 g/mol. The Bertz CT molecular complexity index is 1060. The highest BCUT2D eigenvalue weighted by molar-refractivity contribution is 9.10. The molecule has 4 rings (SSSR count). The number of nitrogens with zero attached hydrogens (tertiary/aromatic N) is 1. The number of Topliss-reactive ketones (excluding diaryl/α,β-unsaturated/α-hetero) is 1. The minimum Gasteiger partial charge on any atom is -0.352 e. The molecule has 0 heterocycles. The van der Waals surface area contributed by atoms with Crippen LogP contribution in [0, 0.1) is 22.2 Å².